The maximum Gasteiger partial charge on any atom is 0.159 e. The summed E-state index contributed by atoms with van der Waals surface area (Å²) < 4.78 is 14.3. The lowest BCUT2D eigenvalue weighted by atomic mass is 10.1. The van der Waals surface area contributed by atoms with Crippen molar-refractivity contribution in [3.63, 3.8) is 0 Å². The van der Waals surface area contributed by atoms with Crippen LogP contribution in [0.25, 0.3) is 23.2 Å². The predicted molar refractivity (Wildman–Crippen MR) is 87.7 cm³/mol. The summed E-state index contributed by atoms with van der Waals surface area (Å²) in [6.45, 7) is 1.97. The van der Waals surface area contributed by atoms with Crippen LogP contribution in [0.5, 0.6) is 0 Å². The van der Waals surface area contributed by atoms with E-state index in [9.17, 15) is 4.39 Å². The molecule has 0 saturated heterocycles. The molecular weight excluding hydrogens is 281 g/mol. The van der Waals surface area contributed by atoms with E-state index in [-0.39, 0.29) is 5.83 Å². The van der Waals surface area contributed by atoms with Gasteiger partial charge in [-0.2, -0.15) is 0 Å². The molecule has 2 aromatic carbocycles. The molecule has 0 fully saturated rings. The first-order valence-corrected chi connectivity index (χ1v) is 7.56. The molecule has 1 heterocycles. The molecule has 0 radical (unpaired) electrons. The van der Waals surface area contributed by atoms with Crippen LogP contribution in [-0.2, 0) is 0 Å². The molecule has 0 aliphatic carbocycles. The second kappa shape index (κ2) is 6.02. The zero-order valence-electron chi connectivity index (χ0n) is 11.6. The molecular formula is C18H14FNS. The Kier molecular flexibility index (Phi) is 3.93. The van der Waals surface area contributed by atoms with Gasteiger partial charge in [-0.15, -0.1) is 11.3 Å². The lowest BCUT2D eigenvalue weighted by Gasteiger charge is -1.99. The highest BCUT2D eigenvalue weighted by Crippen LogP contribution is 2.28. The molecule has 0 N–H and O–H groups in total. The second-order valence-corrected chi connectivity index (χ2v) is 5.61. The monoisotopic (exact) mass is 295 g/mol. The lowest BCUT2D eigenvalue weighted by Crippen LogP contribution is -1.82. The molecule has 3 rings (SSSR count). The molecule has 104 valence electrons. The molecule has 0 atom stereocenters. The summed E-state index contributed by atoms with van der Waals surface area (Å²) in [6.07, 6.45) is 1.54. The van der Waals surface area contributed by atoms with Crippen molar-refractivity contribution in [3.05, 3.63) is 76.1 Å². The quantitative estimate of drug-likeness (QED) is 0.614. The molecule has 0 aliphatic heterocycles. The fourth-order valence-electron chi connectivity index (χ4n) is 2.07. The van der Waals surface area contributed by atoms with Gasteiger partial charge in [-0.1, -0.05) is 54.6 Å². The van der Waals surface area contributed by atoms with E-state index in [0.717, 1.165) is 22.4 Å². The van der Waals surface area contributed by atoms with E-state index in [0.29, 0.717) is 5.01 Å². The van der Waals surface area contributed by atoms with Gasteiger partial charge in [0.15, 0.2) is 10.8 Å². The van der Waals surface area contributed by atoms with E-state index < -0.39 is 0 Å². The molecule has 21 heavy (non-hydrogen) atoms. The Morgan fingerprint density at radius 2 is 1.76 bits per heavy atom. The van der Waals surface area contributed by atoms with Gasteiger partial charge in [0.1, 0.15) is 0 Å². The zero-order valence-corrected chi connectivity index (χ0v) is 12.4. The van der Waals surface area contributed by atoms with Crippen molar-refractivity contribution in [3.8, 4) is 11.3 Å². The Morgan fingerprint density at radius 3 is 2.52 bits per heavy atom. The Bertz CT molecular complexity index is 775. The minimum absolute atomic E-state index is 0.295. The summed E-state index contributed by atoms with van der Waals surface area (Å²) in [4.78, 5) is 4.38. The van der Waals surface area contributed by atoms with Crippen LogP contribution in [0.2, 0.25) is 0 Å². The number of benzene rings is 2. The number of aryl methyl sites for hydroxylation is 1. The third-order valence-corrected chi connectivity index (χ3v) is 4.10. The van der Waals surface area contributed by atoms with E-state index in [1.54, 1.807) is 6.08 Å². The first kappa shape index (κ1) is 13.7. The third kappa shape index (κ3) is 3.09. The smallest absolute Gasteiger partial charge is 0.159 e. The van der Waals surface area contributed by atoms with Crippen LogP contribution in [0.3, 0.4) is 0 Å². The average molecular weight is 295 g/mol. The van der Waals surface area contributed by atoms with Gasteiger partial charge in [0.05, 0.1) is 5.69 Å². The maximum absolute atomic E-state index is 14.3. The molecule has 0 unspecified atom stereocenters. The number of halogens is 1. The number of hydrogen-bond acceptors (Lipinski definition) is 2. The maximum atomic E-state index is 14.3. The highest BCUT2D eigenvalue weighted by Gasteiger charge is 2.09. The van der Waals surface area contributed by atoms with Gasteiger partial charge in [0, 0.05) is 10.9 Å². The molecule has 1 aromatic heterocycles. The largest absolute Gasteiger partial charge is 0.234 e. The first-order chi connectivity index (χ1) is 10.2. The summed E-state index contributed by atoms with van der Waals surface area (Å²) in [7, 11) is 0. The van der Waals surface area contributed by atoms with Crippen LogP contribution < -0.4 is 0 Å². The van der Waals surface area contributed by atoms with Crippen molar-refractivity contribution in [2.24, 2.45) is 0 Å². The van der Waals surface area contributed by atoms with E-state index in [2.05, 4.69) is 4.98 Å². The fraction of sp³-hybridized carbons (Fsp3) is 0.0556. The minimum atomic E-state index is -0.295. The van der Waals surface area contributed by atoms with Gasteiger partial charge in [0.25, 0.3) is 0 Å². The fourth-order valence-corrected chi connectivity index (χ4v) is 2.81. The first-order valence-electron chi connectivity index (χ1n) is 6.68. The molecule has 0 spiro atoms. The molecule has 3 aromatic rings. The lowest BCUT2D eigenvalue weighted by molar-refractivity contribution is 0.763. The summed E-state index contributed by atoms with van der Waals surface area (Å²) in [5.41, 5.74) is 3.74. The molecule has 0 bridgehead atoms. The Hall–Kier alpha value is -2.26. The van der Waals surface area contributed by atoms with Crippen molar-refractivity contribution >= 4 is 23.2 Å². The van der Waals surface area contributed by atoms with E-state index in [4.69, 9.17) is 0 Å². The summed E-state index contributed by atoms with van der Waals surface area (Å²) in [6, 6.07) is 17.5. The van der Waals surface area contributed by atoms with Gasteiger partial charge in [-0.25, -0.2) is 9.37 Å². The summed E-state index contributed by atoms with van der Waals surface area (Å²) >= 11 is 1.32. The van der Waals surface area contributed by atoms with Gasteiger partial charge in [0.2, 0.25) is 0 Å². The second-order valence-electron chi connectivity index (χ2n) is 4.75. The Labute approximate surface area is 127 Å². The molecule has 0 saturated carbocycles. The van der Waals surface area contributed by atoms with Crippen LogP contribution in [0.1, 0.15) is 16.1 Å². The highest BCUT2D eigenvalue weighted by atomic mass is 32.1. The van der Waals surface area contributed by atoms with E-state index in [1.165, 1.54) is 11.3 Å². The van der Waals surface area contributed by atoms with Crippen LogP contribution in [0, 0.1) is 6.92 Å². The van der Waals surface area contributed by atoms with Gasteiger partial charge < -0.3 is 0 Å². The third-order valence-electron chi connectivity index (χ3n) is 3.25. The van der Waals surface area contributed by atoms with Gasteiger partial charge in [-0.05, 0) is 24.1 Å². The topological polar surface area (TPSA) is 12.9 Å². The summed E-state index contributed by atoms with van der Waals surface area (Å²) in [5, 5.41) is 2.30. The zero-order chi connectivity index (χ0) is 14.7. The van der Waals surface area contributed by atoms with Crippen molar-refractivity contribution in [1.82, 2.24) is 4.98 Å². The molecule has 0 aliphatic rings. The normalized spacial score (nSPS) is 11.6. The van der Waals surface area contributed by atoms with Crippen LogP contribution >= 0.6 is 11.3 Å². The van der Waals surface area contributed by atoms with Crippen molar-refractivity contribution in [1.29, 1.82) is 0 Å². The van der Waals surface area contributed by atoms with Crippen LogP contribution in [0.15, 0.2) is 60.0 Å². The Balaban J connectivity index is 1.91. The van der Waals surface area contributed by atoms with Gasteiger partial charge >= 0.3 is 0 Å². The number of nitrogens with zero attached hydrogens (tertiary/aromatic N) is 1. The van der Waals surface area contributed by atoms with E-state index in [1.807, 2.05) is 66.9 Å². The average Bonchev–Trinajstić information content (AvgIpc) is 3.00. The Morgan fingerprint density at radius 1 is 1.05 bits per heavy atom. The van der Waals surface area contributed by atoms with E-state index >= 15 is 0 Å². The number of hydrogen-bond donors (Lipinski definition) is 0. The molecule has 1 nitrogen and oxygen atoms in total. The number of rotatable bonds is 3. The van der Waals surface area contributed by atoms with Crippen molar-refractivity contribution < 1.29 is 4.39 Å². The summed E-state index contributed by atoms with van der Waals surface area (Å²) in [5.74, 6) is -0.295. The number of thiazole rings is 1. The van der Waals surface area contributed by atoms with Crippen LogP contribution in [0.4, 0.5) is 4.39 Å². The predicted octanol–water partition coefficient (Wildman–Crippen LogP) is 5.59. The highest BCUT2D eigenvalue weighted by molar-refractivity contribution is 7.11. The van der Waals surface area contributed by atoms with Crippen molar-refractivity contribution in [2.45, 2.75) is 6.92 Å². The SMILES string of the molecule is Cc1ccccc1C=C(F)c1nc(-c2ccccc2)cs1. The van der Waals surface area contributed by atoms with Crippen LogP contribution in [-0.4, -0.2) is 4.98 Å². The number of aromatic nitrogens is 1. The standard InChI is InChI=1S/C18H14FNS/c1-13-7-5-6-10-15(13)11-16(19)18-20-17(12-21-18)14-8-3-2-4-9-14/h2-12H,1H3. The van der Waals surface area contributed by atoms with Gasteiger partial charge in [-0.3, -0.25) is 0 Å². The molecule has 0 amide bonds. The molecule has 3 heteroatoms. The minimum Gasteiger partial charge on any atom is -0.234 e. The van der Waals surface area contributed by atoms with Crippen molar-refractivity contribution in [2.75, 3.05) is 0 Å².